The van der Waals surface area contributed by atoms with Gasteiger partial charge < -0.3 is 76.5 Å². The van der Waals surface area contributed by atoms with E-state index >= 15 is 0 Å². The molecular formula is C97H130N10O10S7. The highest BCUT2D eigenvalue weighted by molar-refractivity contribution is 7.81. The SMILES string of the molecule is CC(=O)NCCc1ccccc1.CC(=O)NCc1ccccc1.CC(=O)Nc1ccccc1.CC(=O)OCc1ccccc1.CC(=O)Oc1ccccc1.CC(=S)NCC1CC1.CC(=S)NCC1CCCO1.CC(=S)NCCc1ccccc1.CC(=S)NCc1ccccc1.CC(=S)NCc1ccco1.CC(=S)Nc1ccccc1.COCCCNC(C)=S. The van der Waals surface area contributed by atoms with Crippen LogP contribution in [-0.2, 0) is 77.3 Å². The van der Waals surface area contributed by atoms with Crippen LogP contribution in [0.3, 0.4) is 0 Å². The molecule has 2 heterocycles. The Kier molecular flexibility index (Phi) is 70.8. The lowest BCUT2D eigenvalue weighted by atomic mass is 10.1. The van der Waals surface area contributed by atoms with E-state index in [0.29, 0.717) is 31.5 Å². The normalized spacial score (nSPS) is 11.0. The quantitative estimate of drug-likeness (QED) is 0.0110. The number of anilines is 2. The van der Waals surface area contributed by atoms with E-state index in [2.05, 4.69) is 102 Å². The number of benzene rings is 8. The van der Waals surface area contributed by atoms with Crippen LogP contribution in [0, 0.1) is 5.92 Å². The number of carbonyl (C=O) groups excluding carboxylic acids is 5. The topological polar surface area (TPSA) is 256 Å². The molecule has 11 rings (SSSR count). The van der Waals surface area contributed by atoms with Gasteiger partial charge in [-0.3, -0.25) is 24.0 Å². The Bertz CT molecular complexity index is 4000. The predicted octanol–water partition coefficient (Wildman–Crippen LogP) is 19.5. The first-order valence-corrected chi connectivity index (χ1v) is 43.6. The number of ether oxygens (including phenoxy) is 4. The van der Waals surface area contributed by atoms with Crippen LogP contribution < -0.4 is 57.9 Å². The fourth-order valence-corrected chi connectivity index (χ4v) is 9.97. The van der Waals surface area contributed by atoms with Crippen LogP contribution in [0.25, 0.3) is 0 Å². The molecule has 1 saturated carbocycles. The largest absolute Gasteiger partial charge is 0.467 e. The maximum Gasteiger partial charge on any atom is 0.308 e. The first-order chi connectivity index (χ1) is 59.4. The number of amides is 3. The molecule has 9 aromatic rings. The molecule has 124 heavy (non-hydrogen) atoms. The van der Waals surface area contributed by atoms with Gasteiger partial charge in [0, 0.05) is 112 Å². The first kappa shape index (κ1) is 114. The zero-order chi connectivity index (χ0) is 92.0. The monoisotopic (exact) mass is 1820 g/mol. The summed E-state index contributed by atoms with van der Waals surface area (Å²) in [6.07, 6.45) is 10.2. The van der Waals surface area contributed by atoms with Gasteiger partial charge in [0.25, 0.3) is 0 Å². The standard InChI is InChI=1S/C10H13NO.C10H13NS.C9H11NO.C9H11NS.C9H10O2.C8H9NO.C8H9NS.C8H8O2.C7H13NOS.C7H9NOS.C6H13NOS.C6H11NS/c2*1-9(12)11-8-7-10-5-3-2-4-6-10;2*1-8(11)10-7-9-5-3-2-4-6-9;1-8(10)11-7-9-5-3-2-4-6-9;2*1-7(10)9-8-5-3-2-4-6-8;1-7(9)10-8-5-3-2-4-6-8;2*1-6(10)8-5-7-3-2-4-9-7;1-6(9)7-4-3-5-8-2;1-5(8)7-4-6-2-3-6/h2*2-6H,7-8H2,1H3,(H,11,12);2*2-6H,7H2,1H3,(H,10,11);2-6H,7H2,1H3;2*2-6H,1H3,(H,9,10);2-6H,1H3;7H,2-5H2,1H3,(H,8,10);2-4H,5H2,1H3,(H,8,10);3-5H2,1-2H3,(H,7,9);6H,2-4H2,1H3,(H,7,8). The summed E-state index contributed by atoms with van der Waals surface area (Å²) in [5.74, 6) is 1.91. The van der Waals surface area contributed by atoms with Gasteiger partial charge in [0.05, 0.1) is 53.8 Å². The molecule has 3 amide bonds. The lowest BCUT2D eigenvalue weighted by Gasteiger charge is -2.09. The summed E-state index contributed by atoms with van der Waals surface area (Å²) in [6, 6.07) is 82.1. The maximum absolute atomic E-state index is 10.5. The van der Waals surface area contributed by atoms with Gasteiger partial charge in [-0.25, -0.2) is 0 Å². The number of methoxy groups -OCH3 is 1. The molecule has 670 valence electrons. The van der Waals surface area contributed by atoms with Crippen molar-refractivity contribution in [3.63, 3.8) is 0 Å². The summed E-state index contributed by atoms with van der Waals surface area (Å²) in [6.45, 7) is 29.3. The van der Waals surface area contributed by atoms with Crippen molar-refractivity contribution in [2.75, 3.05) is 63.7 Å². The van der Waals surface area contributed by atoms with Crippen LogP contribution >= 0.6 is 85.5 Å². The fourth-order valence-electron chi connectivity index (χ4n) is 9.34. The van der Waals surface area contributed by atoms with Crippen molar-refractivity contribution in [2.24, 2.45) is 5.92 Å². The molecule has 10 N–H and O–H groups in total. The lowest BCUT2D eigenvalue weighted by Crippen LogP contribution is -2.28. The third kappa shape index (κ3) is 80.0. The molecule has 1 aliphatic heterocycles. The van der Waals surface area contributed by atoms with E-state index in [-0.39, 0.29) is 29.7 Å². The van der Waals surface area contributed by atoms with Gasteiger partial charge in [-0.2, -0.15) is 0 Å². The zero-order valence-electron chi connectivity index (χ0n) is 74.1. The van der Waals surface area contributed by atoms with E-state index in [1.165, 1.54) is 77.0 Å². The van der Waals surface area contributed by atoms with Crippen molar-refractivity contribution >= 4 is 161 Å². The number of nitrogens with one attached hydrogen (secondary N) is 10. The Labute approximate surface area is 775 Å². The predicted molar refractivity (Wildman–Crippen MR) is 540 cm³/mol. The number of thiocarbonyl (C=S) groups is 7. The number of esters is 2. The molecule has 0 bridgehead atoms. The second-order valence-corrected chi connectivity index (χ2v) is 31.6. The first-order valence-electron chi connectivity index (χ1n) is 40.7. The van der Waals surface area contributed by atoms with Crippen LogP contribution in [0.2, 0.25) is 0 Å². The second-order valence-electron chi connectivity index (χ2n) is 27.3. The summed E-state index contributed by atoms with van der Waals surface area (Å²) in [7, 11) is 1.70. The smallest absolute Gasteiger partial charge is 0.308 e. The zero-order valence-corrected chi connectivity index (χ0v) is 79.9. The van der Waals surface area contributed by atoms with Crippen molar-refractivity contribution in [1.82, 2.24) is 42.5 Å². The third-order valence-corrected chi connectivity index (χ3v) is 16.4. The summed E-state index contributed by atoms with van der Waals surface area (Å²) >= 11 is 34.0. The summed E-state index contributed by atoms with van der Waals surface area (Å²) < 4.78 is 24.8. The van der Waals surface area contributed by atoms with Crippen molar-refractivity contribution < 1.29 is 47.3 Å². The number of hydrogen-bond acceptors (Lipinski definition) is 17. The summed E-state index contributed by atoms with van der Waals surface area (Å²) in [5, 5.41) is 29.6. The molecule has 1 unspecified atom stereocenters. The van der Waals surface area contributed by atoms with E-state index in [0.717, 1.165) is 141 Å². The van der Waals surface area contributed by atoms with Gasteiger partial charge in [0.1, 0.15) is 18.1 Å². The van der Waals surface area contributed by atoms with E-state index in [1.807, 2.05) is 243 Å². The lowest BCUT2D eigenvalue weighted by molar-refractivity contribution is -0.142. The Morgan fingerprint density at radius 3 is 1.12 bits per heavy atom. The minimum atomic E-state index is -0.286. The molecule has 0 spiro atoms. The average Bonchev–Trinajstić information content (AvgIpc) is 1.74. The molecule has 8 aromatic carbocycles. The van der Waals surface area contributed by atoms with E-state index in [4.69, 9.17) is 109 Å². The van der Waals surface area contributed by atoms with Crippen LogP contribution in [0.4, 0.5) is 11.4 Å². The Hall–Kier alpha value is -10.5. The molecular weight excluding hydrogens is 1690 g/mol. The van der Waals surface area contributed by atoms with Crippen molar-refractivity contribution in [2.45, 2.75) is 160 Å². The van der Waals surface area contributed by atoms with E-state index in [9.17, 15) is 24.0 Å². The highest BCUT2D eigenvalue weighted by atomic mass is 32.1. The van der Waals surface area contributed by atoms with Gasteiger partial charge >= 0.3 is 11.9 Å². The average molecular weight is 1820 g/mol. The molecule has 1 aliphatic carbocycles. The molecule has 27 heteroatoms. The number of carbonyl (C=O) groups is 5. The molecule has 1 atom stereocenters. The van der Waals surface area contributed by atoms with Gasteiger partial charge in [-0.05, 0) is 176 Å². The highest BCUT2D eigenvalue weighted by Crippen LogP contribution is 2.27. The Morgan fingerprint density at radius 1 is 0.363 bits per heavy atom. The maximum atomic E-state index is 10.5. The van der Waals surface area contributed by atoms with E-state index < -0.39 is 0 Å². The van der Waals surface area contributed by atoms with E-state index in [1.54, 1.807) is 25.5 Å². The molecule has 2 aliphatic rings. The fraction of sp³-hybridized carbons (Fsp3) is 0.340. The molecule has 20 nitrogen and oxygen atoms in total. The number of furan rings is 1. The summed E-state index contributed by atoms with van der Waals surface area (Å²) in [5.41, 5.74) is 7.90. The third-order valence-electron chi connectivity index (χ3n) is 15.4. The second kappa shape index (κ2) is 77.4. The van der Waals surface area contributed by atoms with Gasteiger partial charge in [-0.15, -0.1) is 0 Å². The Balaban J connectivity index is 0.00000133. The van der Waals surface area contributed by atoms with Crippen molar-refractivity contribution in [1.29, 1.82) is 0 Å². The number of para-hydroxylation sites is 3. The minimum Gasteiger partial charge on any atom is -0.467 e. The van der Waals surface area contributed by atoms with Gasteiger partial charge in [0.2, 0.25) is 17.7 Å². The molecule has 1 saturated heterocycles. The number of rotatable bonds is 25. The molecule has 1 aromatic heterocycles. The van der Waals surface area contributed by atoms with Crippen molar-refractivity contribution in [3.8, 4) is 5.75 Å². The van der Waals surface area contributed by atoms with Crippen LogP contribution in [0.15, 0.2) is 265 Å². The highest BCUT2D eigenvalue weighted by Gasteiger charge is 2.20. The van der Waals surface area contributed by atoms with Crippen molar-refractivity contribution in [3.05, 3.63) is 295 Å². The van der Waals surface area contributed by atoms with Crippen LogP contribution in [0.1, 0.15) is 149 Å². The van der Waals surface area contributed by atoms with Gasteiger partial charge in [-0.1, -0.05) is 292 Å². The van der Waals surface area contributed by atoms with Gasteiger partial charge in [0.15, 0.2) is 0 Å². The minimum absolute atomic E-state index is 0.00820. The Morgan fingerprint density at radius 2 is 0.750 bits per heavy atom. The number of hydrogen-bond donors (Lipinski definition) is 10. The molecule has 0 radical (unpaired) electrons. The molecule has 2 fully saturated rings. The van der Waals surface area contributed by atoms with Crippen LogP contribution in [-0.4, -0.2) is 124 Å². The van der Waals surface area contributed by atoms with Crippen LogP contribution in [0.5, 0.6) is 5.75 Å². The summed E-state index contributed by atoms with van der Waals surface area (Å²) in [4.78, 5) is 58.2.